The van der Waals surface area contributed by atoms with Gasteiger partial charge in [0.25, 0.3) is 0 Å². The van der Waals surface area contributed by atoms with Gasteiger partial charge in [0.05, 0.1) is 0 Å². The third kappa shape index (κ3) is 7.98. The Bertz CT molecular complexity index is 1030. The zero-order chi connectivity index (χ0) is 22.5. The van der Waals surface area contributed by atoms with Crippen molar-refractivity contribution < 1.29 is 13.9 Å². The van der Waals surface area contributed by atoms with Gasteiger partial charge >= 0.3 is 0 Å². The fourth-order valence-electron chi connectivity index (χ4n) is 2.82. The van der Waals surface area contributed by atoms with E-state index in [1.807, 2.05) is 111 Å². The summed E-state index contributed by atoms with van der Waals surface area (Å²) >= 11 is 0. The van der Waals surface area contributed by atoms with Crippen molar-refractivity contribution in [3.8, 4) is 5.69 Å². The highest BCUT2D eigenvalue weighted by Gasteiger charge is 2.10. The number of aryl methyl sites for hydroxylation is 2. The Hall–Kier alpha value is -3.59. The second kappa shape index (κ2) is 12.9. The maximum atomic E-state index is 11.9. The van der Waals surface area contributed by atoms with Gasteiger partial charge in [-0.3, -0.25) is 4.79 Å². The lowest BCUT2D eigenvalue weighted by Gasteiger charge is -1.98. The van der Waals surface area contributed by atoms with Crippen molar-refractivity contribution in [3.05, 3.63) is 126 Å². The standard InChI is InChI=1S/C14H14NO.C12H12N.C2H6/c1-12-5-7-13(8-6-12)14(16)11-15-9-3-2-4-10-15;1-11-5-7-12(8-6-11)13-9-3-2-4-10-13;1-2/h2-10H,11H2,1H3;2-10H,1H3;1-2H3/q2*+1;. The molecule has 0 aliphatic carbocycles. The van der Waals surface area contributed by atoms with E-state index in [-0.39, 0.29) is 5.78 Å². The molecule has 0 atom stereocenters. The van der Waals surface area contributed by atoms with Crippen LogP contribution in [0.15, 0.2) is 110 Å². The topological polar surface area (TPSA) is 24.8 Å². The third-order valence-corrected chi connectivity index (χ3v) is 4.52. The highest BCUT2D eigenvalue weighted by atomic mass is 16.1. The van der Waals surface area contributed by atoms with Crippen LogP contribution in [0, 0.1) is 13.8 Å². The molecule has 0 bridgehead atoms. The zero-order valence-corrected chi connectivity index (χ0v) is 18.9. The van der Waals surface area contributed by atoms with Gasteiger partial charge < -0.3 is 0 Å². The third-order valence-electron chi connectivity index (χ3n) is 4.52. The number of Topliss-reactive ketones (excluding diaryl/α,β-unsaturated/α-hetero) is 1. The monoisotopic (exact) mass is 412 g/mol. The van der Waals surface area contributed by atoms with Crippen molar-refractivity contribution in [2.45, 2.75) is 34.2 Å². The van der Waals surface area contributed by atoms with Gasteiger partial charge in [0.15, 0.2) is 24.8 Å². The summed E-state index contributed by atoms with van der Waals surface area (Å²) in [6.45, 7) is 8.50. The maximum absolute atomic E-state index is 11.9. The van der Waals surface area contributed by atoms with Crippen molar-refractivity contribution in [1.29, 1.82) is 0 Å². The Morgan fingerprint density at radius 1 is 0.645 bits per heavy atom. The fraction of sp³-hybridized carbons (Fsp3) is 0.179. The maximum Gasteiger partial charge on any atom is 0.227 e. The molecule has 2 heterocycles. The molecule has 3 nitrogen and oxygen atoms in total. The first-order valence-corrected chi connectivity index (χ1v) is 10.7. The molecule has 31 heavy (non-hydrogen) atoms. The lowest BCUT2D eigenvalue weighted by molar-refractivity contribution is -0.683. The minimum Gasteiger partial charge on any atom is -0.287 e. The van der Waals surface area contributed by atoms with E-state index in [0.717, 1.165) is 5.56 Å². The van der Waals surface area contributed by atoms with Crippen molar-refractivity contribution in [3.63, 3.8) is 0 Å². The number of nitrogens with zero attached hydrogens (tertiary/aromatic N) is 2. The van der Waals surface area contributed by atoms with E-state index in [0.29, 0.717) is 6.54 Å². The fourth-order valence-corrected chi connectivity index (χ4v) is 2.82. The number of benzene rings is 2. The van der Waals surface area contributed by atoms with Crippen LogP contribution in [0.4, 0.5) is 0 Å². The smallest absolute Gasteiger partial charge is 0.227 e. The largest absolute Gasteiger partial charge is 0.287 e. The molecule has 2 aromatic carbocycles. The van der Waals surface area contributed by atoms with Crippen LogP contribution < -0.4 is 9.13 Å². The van der Waals surface area contributed by atoms with E-state index in [9.17, 15) is 4.79 Å². The summed E-state index contributed by atoms with van der Waals surface area (Å²) in [7, 11) is 0. The first-order valence-electron chi connectivity index (χ1n) is 10.7. The second-order valence-corrected chi connectivity index (χ2v) is 6.96. The summed E-state index contributed by atoms with van der Waals surface area (Å²) in [5.41, 5.74) is 4.43. The summed E-state index contributed by atoms with van der Waals surface area (Å²) in [6, 6.07) is 28.0. The Morgan fingerprint density at radius 3 is 1.61 bits per heavy atom. The predicted molar refractivity (Wildman–Crippen MR) is 126 cm³/mol. The molecule has 0 aliphatic heterocycles. The molecular weight excluding hydrogens is 380 g/mol. The van der Waals surface area contributed by atoms with E-state index < -0.39 is 0 Å². The number of pyridine rings is 2. The van der Waals surface area contributed by atoms with Crippen molar-refractivity contribution >= 4 is 5.78 Å². The lowest BCUT2D eigenvalue weighted by atomic mass is 10.1. The molecule has 0 fully saturated rings. The second-order valence-electron chi connectivity index (χ2n) is 6.96. The van der Waals surface area contributed by atoms with Crippen LogP contribution >= 0.6 is 0 Å². The summed E-state index contributed by atoms with van der Waals surface area (Å²) in [6.07, 6.45) is 7.88. The Morgan fingerprint density at radius 2 is 1.10 bits per heavy atom. The van der Waals surface area contributed by atoms with Gasteiger partial charge in [0.2, 0.25) is 18.0 Å². The molecule has 4 rings (SSSR count). The molecule has 0 aliphatic rings. The SMILES string of the molecule is CC.Cc1ccc(-[n+]2ccccc2)cc1.Cc1ccc(C(=O)C[n+]2ccccc2)cc1. The minimum absolute atomic E-state index is 0.135. The van der Waals surface area contributed by atoms with E-state index in [1.165, 1.54) is 16.8 Å². The molecule has 158 valence electrons. The molecule has 0 unspecified atom stereocenters. The van der Waals surface area contributed by atoms with Crippen LogP contribution in [0.5, 0.6) is 0 Å². The lowest BCUT2D eigenvalue weighted by Crippen LogP contribution is -2.36. The van der Waals surface area contributed by atoms with Crippen LogP contribution in [0.2, 0.25) is 0 Å². The molecule has 0 radical (unpaired) electrons. The summed E-state index contributed by atoms with van der Waals surface area (Å²) in [5, 5.41) is 0. The van der Waals surface area contributed by atoms with Gasteiger partial charge in [-0.15, -0.1) is 0 Å². The molecule has 0 saturated carbocycles. The van der Waals surface area contributed by atoms with Gasteiger partial charge in [-0.25, -0.2) is 0 Å². The van der Waals surface area contributed by atoms with Crippen molar-refractivity contribution in [1.82, 2.24) is 0 Å². The highest BCUT2D eigenvalue weighted by molar-refractivity contribution is 5.95. The van der Waals surface area contributed by atoms with Crippen LogP contribution in [-0.2, 0) is 6.54 Å². The molecule has 2 aromatic heterocycles. The first-order chi connectivity index (χ1) is 15.1. The van der Waals surface area contributed by atoms with E-state index in [1.54, 1.807) is 0 Å². The number of ketones is 1. The number of hydrogen-bond donors (Lipinski definition) is 0. The Balaban J connectivity index is 0.000000208. The average Bonchev–Trinajstić information content (AvgIpc) is 2.83. The molecule has 0 amide bonds. The van der Waals surface area contributed by atoms with Gasteiger partial charge in [0, 0.05) is 42.0 Å². The van der Waals surface area contributed by atoms with Crippen molar-refractivity contribution in [2.24, 2.45) is 0 Å². The number of aromatic nitrogens is 2. The molecule has 0 N–H and O–H groups in total. The number of rotatable bonds is 4. The summed E-state index contributed by atoms with van der Waals surface area (Å²) in [4.78, 5) is 11.9. The Labute approximate surface area is 186 Å². The van der Waals surface area contributed by atoms with Gasteiger partial charge in [-0.2, -0.15) is 9.13 Å². The van der Waals surface area contributed by atoms with E-state index in [2.05, 4.69) is 35.8 Å². The average molecular weight is 413 g/mol. The van der Waals surface area contributed by atoms with Gasteiger partial charge in [0.1, 0.15) is 0 Å². The van der Waals surface area contributed by atoms with Crippen molar-refractivity contribution in [2.75, 3.05) is 0 Å². The minimum atomic E-state index is 0.135. The highest BCUT2D eigenvalue weighted by Crippen LogP contribution is 2.04. The predicted octanol–water partition coefficient (Wildman–Crippen LogP) is 5.46. The quantitative estimate of drug-likeness (QED) is 0.322. The van der Waals surface area contributed by atoms with E-state index >= 15 is 0 Å². The number of carbonyl (C=O) groups excluding carboxylic acids is 1. The van der Waals surface area contributed by atoms with Crippen LogP contribution in [0.1, 0.15) is 35.3 Å². The molecular formula is C28H32N2O+2. The zero-order valence-electron chi connectivity index (χ0n) is 18.9. The summed E-state index contributed by atoms with van der Waals surface area (Å²) < 4.78 is 3.97. The van der Waals surface area contributed by atoms with Gasteiger partial charge in [-0.05, 0) is 13.8 Å². The van der Waals surface area contributed by atoms with Gasteiger partial charge in [-0.1, -0.05) is 73.5 Å². The van der Waals surface area contributed by atoms with Crippen LogP contribution in [0.25, 0.3) is 5.69 Å². The van der Waals surface area contributed by atoms with E-state index in [4.69, 9.17) is 0 Å². The molecule has 0 spiro atoms. The number of hydrogen-bond acceptors (Lipinski definition) is 1. The molecule has 3 heteroatoms. The molecule has 0 saturated heterocycles. The summed E-state index contributed by atoms with van der Waals surface area (Å²) in [5.74, 6) is 0.135. The van der Waals surface area contributed by atoms with Crippen LogP contribution in [0.3, 0.4) is 0 Å². The molecule has 4 aromatic rings. The first kappa shape index (κ1) is 23.7. The Kier molecular flexibility index (Phi) is 9.83. The normalized spacial score (nSPS) is 9.55. The number of carbonyl (C=O) groups is 1. The van der Waals surface area contributed by atoms with Crippen LogP contribution in [-0.4, -0.2) is 5.78 Å².